The molecule has 0 saturated heterocycles. The van der Waals surface area contributed by atoms with Crippen molar-refractivity contribution < 1.29 is 9.21 Å². The third-order valence-electron chi connectivity index (χ3n) is 5.76. The molecule has 1 amide bonds. The molecule has 8 heteroatoms. The molecule has 1 unspecified atom stereocenters. The van der Waals surface area contributed by atoms with Gasteiger partial charge in [-0.3, -0.25) is 4.79 Å². The highest BCUT2D eigenvalue weighted by Crippen LogP contribution is 2.38. The summed E-state index contributed by atoms with van der Waals surface area (Å²) in [6.07, 6.45) is 4.77. The molecule has 1 aliphatic carbocycles. The molecule has 4 aromatic rings. The summed E-state index contributed by atoms with van der Waals surface area (Å²) >= 11 is 4.87. The van der Waals surface area contributed by atoms with E-state index in [1.54, 1.807) is 34.4 Å². The first-order valence-electron chi connectivity index (χ1n) is 10.5. The van der Waals surface area contributed by atoms with Gasteiger partial charge in [-0.2, -0.15) is 0 Å². The number of thiophene rings is 1. The quantitative estimate of drug-likeness (QED) is 0.309. The molecular formula is C23H23N3O2S3. The molecule has 5 rings (SSSR count). The lowest BCUT2D eigenvalue weighted by Gasteiger charge is -2.23. The van der Waals surface area contributed by atoms with Crippen molar-refractivity contribution in [1.29, 1.82) is 0 Å². The zero-order valence-corrected chi connectivity index (χ0v) is 19.6. The third-order valence-corrected chi connectivity index (χ3v) is 8.71. The van der Waals surface area contributed by atoms with Crippen LogP contribution in [0.1, 0.15) is 57.7 Å². The Bertz CT molecular complexity index is 1180. The number of aromatic nitrogens is 2. The molecule has 1 aromatic carbocycles. The van der Waals surface area contributed by atoms with Crippen molar-refractivity contribution in [3.63, 3.8) is 0 Å². The molecule has 1 N–H and O–H groups in total. The number of amides is 1. The van der Waals surface area contributed by atoms with Crippen molar-refractivity contribution in [3.05, 3.63) is 63.0 Å². The Kier molecular flexibility index (Phi) is 6.11. The van der Waals surface area contributed by atoms with Crippen LogP contribution in [0.5, 0.6) is 0 Å². The molecule has 1 aliphatic rings. The zero-order valence-electron chi connectivity index (χ0n) is 17.2. The summed E-state index contributed by atoms with van der Waals surface area (Å²) in [7, 11) is 0. The molecule has 3 heterocycles. The summed E-state index contributed by atoms with van der Waals surface area (Å²) in [5.41, 5.74) is 1.66. The fourth-order valence-corrected chi connectivity index (χ4v) is 7.00. The van der Waals surface area contributed by atoms with Crippen LogP contribution in [-0.4, -0.2) is 16.1 Å². The van der Waals surface area contributed by atoms with Crippen LogP contribution in [0.4, 0.5) is 0 Å². The number of aryl methyl sites for hydroxylation is 1. The Hall–Kier alpha value is -2.16. The van der Waals surface area contributed by atoms with Crippen molar-refractivity contribution in [2.45, 2.75) is 48.7 Å². The van der Waals surface area contributed by atoms with Gasteiger partial charge in [-0.05, 0) is 43.2 Å². The molecular weight excluding hydrogens is 446 g/mol. The standard InChI is InChI=1S/C23H23N3O2S3/c1-14-25-26-23(31-14)30-13-17-16-9-4-5-10-18(16)28-21(17)22(27)24-20(15-7-2-3-8-15)19-11-6-12-29-19/h4-6,9-12,15,20H,2-3,7-8,13H2,1H3,(H,24,27). The van der Waals surface area contributed by atoms with Crippen molar-refractivity contribution in [2.24, 2.45) is 5.92 Å². The number of hydrogen-bond donors (Lipinski definition) is 1. The van der Waals surface area contributed by atoms with Crippen molar-refractivity contribution in [3.8, 4) is 0 Å². The zero-order chi connectivity index (χ0) is 21.2. The first-order chi connectivity index (χ1) is 15.2. The fourth-order valence-electron chi connectivity index (χ4n) is 4.28. The Morgan fingerprint density at radius 3 is 2.81 bits per heavy atom. The van der Waals surface area contributed by atoms with E-state index in [-0.39, 0.29) is 11.9 Å². The highest BCUT2D eigenvalue weighted by Gasteiger charge is 2.31. The highest BCUT2D eigenvalue weighted by atomic mass is 32.2. The summed E-state index contributed by atoms with van der Waals surface area (Å²) in [5, 5.41) is 15.6. The first-order valence-corrected chi connectivity index (χ1v) is 13.1. The average molecular weight is 470 g/mol. The molecule has 1 saturated carbocycles. The van der Waals surface area contributed by atoms with E-state index >= 15 is 0 Å². The van der Waals surface area contributed by atoms with Gasteiger partial charge in [-0.1, -0.05) is 60.2 Å². The number of benzene rings is 1. The molecule has 1 atom stereocenters. The lowest BCUT2D eigenvalue weighted by Crippen LogP contribution is -2.32. The molecule has 0 spiro atoms. The van der Waals surface area contributed by atoms with Crippen LogP contribution in [0.3, 0.4) is 0 Å². The molecule has 3 aromatic heterocycles. The number of carbonyl (C=O) groups excluding carboxylic acids is 1. The van der Waals surface area contributed by atoms with E-state index in [0.29, 0.717) is 17.4 Å². The van der Waals surface area contributed by atoms with E-state index in [2.05, 4.69) is 33.0 Å². The average Bonchev–Trinajstić information content (AvgIpc) is 3.58. The lowest BCUT2D eigenvalue weighted by molar-refractivity contribution is 0.0896. The molecule has 31 heavy (non-hydrogen) atoms. The van der Waals surface area contributed by atoms with Gasteiger partial charge in [0.1, 0.15) is 10.6 Å². The van der Waals surface area contributed by atoms with Crippen molar-refractivity contribution >= 4 is 51.3 Å². The highest BCUT2D eigenvalue weighted by molar-refractivity contribution is 8.00. The van der Waals surface area contributed by atoms with E-state index in [9.17, 15) is 4.79 Å². The molecule has 160 valence electrons. The minimum absolute atomic E-state index is 0.0366. The van der Waals surface area contributed by atoms with E-state index in [1.165, 1.54) is 17.7 Å². The van der Waals surface area contributed by atoms with E-state index in [0.717, 1.165) is 38.7 Å². The van der Waals surface area contributed by atoms with Crippen LogP contribution < -0.4 is 5.32 Å². The van der Waals surface area contributed by atoms with Crippen molar-refractivity contribution in [1.82, 2.24) is 15.5 Å². The first kappa shape index (κ1) is 20.7. The molecule has 0 bridgehead atoms. The smallest absolute Gasteiger partial charge is 0.287 e. The summed E-state index contributed by atoms with van der Waals surface area (Å²) in [5.74, 6) is 1.37. The number of hydrogen-bond acceptors (Lipinski definition) is 7. The molecule has 0 radical (unpaired) electrons. The number of carbonyl (C=O) groups is 1. The Labute approximate surface area is 193 Å². The lowest BCUT2D eigenvalue weighted by atomic mass is 9.96. The largest absolute Gasteiger partial charge is 0.451 e. The number of thioether (sulfide) groups is 1. The number of nitrogens with zero attached hydrogens (tertiary/aromatic N) is 2. The maximum absolute atomic E-state index is 13.5. The minimum atomic E-state index is -0.134. The predicted octanol–water partition coefficient (Wildman–Crippen LogP) is 6.61. The van der Waals surface area contributed by atoms with Crippen LogP contribution in [0, 0.1) is 12.8 Å². The van der Waals surface area contributed by atoms with Gasteiger partial charge in [0.15, 0.2) is 10.1 Å². The van der Waals surface area contributed by atoms with Crippen LogP contribution in [0.15, 0.2) is 50.5 Å². The van der Waals surface area contributed by atoms with Gasteiger partial charge in [0.2, 0.25) is 0 Å². The summed E-state index contributed by atoms with van der Waals surface area (Å²) in [4.78, 5) is 14.7. The Morgan fingerprint density at radius 1 is 1.23 bits per heavy atom. The predicted molar refractivity (Wildman–Crippen MR) is 127 cm³/mol. The molecule has 5 nitrogen and oxygen atoms in total. The Morgan fingerprint density at radius 2 is 2.06 bits per heavy atom. The third kappa shape index (κ3) is 4.42. The number of furan rings is 1. The molecule has 1 fully saturated rings. The SMILES string of the molecule is Cc1nnc(SCc2c(C(=O)NC(c3cccs3)C3CCCC3)oc3ccccc23)s1. The summed E-state index contributed by atoms with van der Waals surface area (Å²) in [6, 6.07) is 12.1. The van der Waals surface area contributed by atoms with E-state index < -0.39 is 0 Å². The second-order valence-electron chi connectivity index (χ2n) is 7.79. The number of rotatable bonds is 7. The summed E-state index contributed by atoms with van der Waals surface area (Å²) in [6.45, 7) is 1.95. The van der Waals surface area contributed by atoms with Gasteiger partial charge in [-0.15, -0.1) is 21.5 Å². The fraction of sp³-hybridized carbons (Fsp3) is 0.348. The van der Waals surface area contributed by atoms with Crippen LogP contribution in [0.25, 0.3) is 11.0 Å². The van der Waals surface area contributed by atoms with Gasteiger partial charge in [-0.25, -0.2) is 0 Å². The topological polar surface area (TPSA) is 68.0 Å². The Balaban J connectivity index is 1.44. The second-order valence-corrected chi connectivity index (χ2v) is 11.2. The minimum Gasteiger partial charge on any atom is -0.451 e. The van der Waals surface area contributed by atoms with Gasteiger partial charge < -0.3 is 9.73 Å². The van der Waals surface area contributed by atoms with Crippen LogP contribution in [-0.2, 0) is 5.75 Å². The van der Waals surface area contributed by atoms with Gasteiger partial charge >= 0.3 is 0 Å². The normalized spacial score (nSPS) is 15.5. The number of fused-ring (bicyclic) bond motifs is 1. The van der Waals surface area contributed by atoms with Crippen LogP contribution in [0.2, 0.25) is 0 Å². The number of nitrogens with one attached hydrogen (secondary N) is 1. The number of para-hydroxylation sites is 1. The van der Waals surface area contributed by atoms with Gasteiger partial charge in [0, 0.05) is 21.6 Å². The second kappa shape index (κ2) is 9.14. The van der Waals surface area contributed by atoms with E-state index in [4.69, 9.17) is 4.42 Å². The maximum atomic E-state index is 13.5. The van der Waals surface area contributed by atoms with Crippen LogP contribution >= 0.6 is 34.4 Å². The summed E-state index contributed by atoms with van der Waals surface area (Å²) < 4.78 is 6.98. The molecule has 0 aliphatic heterocycles. The van der Waals surface area contributed by atoms with Crippen molar-refractivity contribution in [2.75, 3.05) is 0 Å². The maximum Gasteiger partial charge on any atom is 0.287 e. The van der Waals surface area contributed by atoms with E-state index in [1.807, 2.05) is 31.2 Å². The monoisotopic (exact) mass is 469 g/mol. The van der Waals surface area contributed by atoms with Gasteiger partial charge in [0.25, 0.3) is 5.91 Å². The van der Waals surface area contributed by atoms with Gasteiger partial charge in [0.05, 0.1) is 6.04 Å².